The normalized spacial score (nSPS) is 20.0. The molecule has 0 spiro atoms. The van der Waals surface area contributed by atoms with Crippen molar-refractivity contribution in [3.8, 4) is 0 Å². The van der Waals surface area contributed by atoms with Crippen molar-refractivity contribution < 1.29 is 4.42 Å². The summed E-state index contributed by atoms with van der Waals surface area (Å²) >= 11 is 0. The zero-order chi connectivity index (χ0) is 17.5. The molecule has 1 aromatic heterocycles. The molecule has 6 nitrogen and oxygen atoms in total. The van der Waals surface area contributed by atoms with Crippen LogP contribution in [-0.4, -0.2) is 47.6 Å². The molecule has 0 saturated carbocycles. The average molecular weight is 463 g/mol. The quantitative estimate of drug-likeness (QED) is 0.385. The number of likely N-dealkylation sites (tertiary alicyclic amines) is 1. The highest BCUT2D eigenvalue weighted by Gasteiger charge is 2.22. The minimum Gasteiger partial charge on any atom is -0.444 e. The number of hydrogen-bond acceptors (Lipinski definition) is 4. The SMILES string of the molecule is CCNC(=NCc1nc(C)c(C)o1)NCC(C)N1CCCCC1C.I. The molecular formula is C18H34IN5O. The van der Waals surface area contributed by atoms with Gasteiger partial charge >= 0.3 is 0 Å². The molecule has 0 aliphatic carbocycles. The van der Waals surface area contributed by atoms with Crippen molar-refractivity contribution in [2.45, 2.75) is 72.5 Å². The standard InChI is InChI=1S/C18H33N5O.HI/c1-6-19-18(21-12-17-22-15(4)16(5)24-17)20-11-14(3)23-10-8-7-9-13(23)2;/h13-14H,6-12H2,1-5H3,(H2,19,20,21);1H. The van der Waals surface area contributed by atoms with E-state index in [1.54, 1.807) is 0 Å². The maximum absolute atomic E-state index is 5.60. The molecule has 25 heavy (non-hydrogen) atoms. The van der Waals surface area contributed by atoms with Gasteiger partial charge in [-0.25, -0.2) is 9.98 Å². The lowest BCUT2D eigenvalue weighted by atomic mass is 10.0. The largest absolute Gasteiger partial charge is 0.444 e. The van der Waals surface area contributed by atoms with Gasteiger partial charge in [-0.3, -0.25) is 4.90 Å². The Hall–Kier alpha value is -0.830. The zero-order valence-corrected chi connectivity index (χ0v) is 18.6. The first kappa shape index (κ1) is 22.2. The number of piperidine rings is 1. The van der Waals surface area contributed by atoms with Gasteiger partial charge < -0.3 is 15.1 Å². The molecule has 0 bridgehead atoms. The van der Waals surface area contributed by atoms with E-state index < -0.39 is 0 Å². The molecule has 2 N–H and O–H groups in total. The van der Waals surface area contributed by atoms with Crippen molar-refractivity contribution in [2.24, 2.45) is 4.99 Å². The van der Waals surface area contributed by atoms with Gasteiger partial charge in [0.15, 0.2) is 5.96 Å². The van der Waals surface area contributed by atoms with E-state index in [1.165, 1.54) is 25.8 Å². The molecule has 0 aromatic carbocycles. The van der Waals surface area contributed by atoms with Gasteiger partial charge in [0, 0.05) is 25.2 Å². The predicted octanol–water partition coefficient (Wildman–Crippen LogP) is 3.23. The number of aromatic nitrogens is 1. The van der Waals surface area contributed by atoms with Crippen molar-refractivity contribution in [2.75, 3.05) is 19.6 Å². The van der Waals surface area contributed by atoms with E-state index in [0.717, 1.165) is 30.5 Å². The van der Waals surface area contributed by atoms with E-state index in [4.69, 9.17) is 4.42 Å². The molecule has 1 aliphatic heterocycles. The Bertz CT molecular complexity index is 526. The molecule has 7 heteroatoms. The van der Waals surface area contributed by atoms with Crippen LogP contribution in [-0.2, 0) is 6.54 Å². The number of aryl methyl sites for hydroxylation is 2. The Balaban J connectivity index is 0.00000312. The number of halogens is 1. The van der Waals surface area contributed by atoms with Crippen LogP contribution >= 0.6 is 24.0 Å². The van der Waals surface area contributed by atoms with Gasteiger partial charge in [-0.05, 0) is 54.0 Å². The lowest BCUT2D eigenvalue weighted by molar-refractivity contribution is 0.115. The van der Waals surface area contributed by atoms with Crippen LogP contribution in [0.1, 0.15) is 57.4 Å². The summed E-state index contributed by atoms with van der Waals surface area (Å²) in [5.41, 5.74) is 0.936. The highest BCUT2D eigenvalue weighted by Crippen LogP contribution is 2.18. The van der Waals surface area contributed by atoms with Crippen molar-refractivity contribution >= 4 is 29.9 Å². The molecule has 1 aromatic rings. The first-order valence-corrected chi connectivity index (χ1v) is 9.22. The monoisotopic (exact) mass is 463 g/mol. The Morgan fingerprint density at radius 1 is 1.36 bits per heavy atom. The van der Waals surface area contributed by atoms with Crippen LogP contribution in [0.2, 0.25) is 0 Å². The molecule has 1 saturated heterocycles. The van der Waals surface area contributed by atoms with Crippen LogP contribution in [0.15, 0.2) is 9.41 Å². The number of guanidine groups is 1. The summed E-state index contributed by atoms with van der Waals surface area (Å²) in [6, 6.07) is 1.17. The molecular weight excluding hydrogens is 429 g/mol. The Morgan fingerprint density at radius 3 is 2.72 bits per heavy atom. The van der Waals surface area contributed by atoms with Crippen LogP contribution in [0.5, 0.6) is 0 Å². The molecule has 2 rings (SSSR count). The van der Waals surface area contributed by atoms with E-state index in [2.05, 4.69) is 46.3 Å². The van der Waals surface area contributed by atoms with Gasteiger partial charge in [0.2, 0.25) is 5.89 Å². The van der Waals surface area contributed by atoms with Crippen molar-refractivity contribution in [3.05, 3.63) is 17.3 Å². The Morgan fingerprint density at radius 2 is 2.12 bits per heavy atom. The summed E-state index contributed by atoms with van der Waals surface area (Å²) in [6.45, 7) is 14.0. The fraction of sp³-hybridized carbons (Fsp3) is 0.778. The second-order valence-electron chi connectivity index (χ2n) is 6.76. The number of nitrogens with zero attached hydrogens (tertiary/aromatic N) is 3. The van der Waals surface area contributed by atoms with E-state index in [0.29, 0.717) is 24.5 Å². The van der Waals surface area contributed by atoms with E-state index in [-0.39, 0.29) is 24.0 Å². The van der Waals surface area contributed by atoms with Crippen LogP contribution in [0.4, 0.5) is 0 Å². The summed E-state index contributed by atoms with van der Waals surface area (Å²) in [5.74, 6) is 2.35. The van der Waals surface area contributed by atoms with Crippen molar-refractivity contribution in [1.29, 1.82) is 0 Å². The zero-order valence-electron chi connectivity index (χ0n) is 16.3. The highest BCUT2D eigenvalue weighted by atomic mass is 127. The number of nitrogens with one attached hydrogen (secondary N) is 2. The molecule has 2 unspecified atom stereocenters. The van der Waals surface area contributed by atoms with Gasteiger partial charge in [0.25, 0.3) is 0 Å². The fourth-order valence-corrected chi connectivity index (χ4v) is 3.23. The van der Waals surface area contributed by atoms with Gasteiger partial charge in [0.1, 0.15) is 12.3 Å². The van der Waals surface area contributed by atoms with Crippen molar-refractivity contribution in [1.82, 2.24) is 20.5 Å². The first-order chi connectivity index (χ1) is 11.5. The maximum Gasteiger partial charge on any atom is 0.216 e. The molecule has 0 radical (unpaired) electrons. The topological polar surface area (TPSA) is 65.7 Å². The summed E-state index contributed by atoms with van der Waals surface area (Å²) in [4.78, 5) is 11.6. The molecule has 2 atom stereocenters. The molecule has 1 fully saturated rings. The van der Waals surface area contributed by atoms with Gasteiger partial charge in [-0.15, -0.1) is 24.0 Å². The minimum absolute atomic E-state index is 0. The number of oxazole rings is 1. The molecule has 0 amide bonds. The number of rotatable bonds is 6. The molecule has 2 heterocycles. The Kier molecular flexibility index (Phi) is 9.78. The molecule has 144 valence electrons. The summed E-state index contributed by atoms with van der Waals surface area (Å²) < 4.78 is 5.60. The second-order valence-corrected chi connectivity index (χ2v) is 6.76. The lowest BCUT2D eigenvalue weighted by Crippen LogP contribution is -2.50. The minimum atomic E-state index is 0. The third-order valence-corrected chi connectivity index (χ3v) is 4.77. The fourth-order valence-electron chi connectivity index (χ4n) is 3.23. The summed E-state index contributed by atoms with van der Waals surface area (Å²) in [5, 5.41) is 6.75. The van der Waals surface area contributed by atoms with E-state index in [1.807, 2.05) is 13.8 Å². The van der Waals surface area contributed by atoms with Crippen LogP contribution in [0.3, 0.4) is 0 Å². The van der Waals surface area contributed by atoms with Crippen LogP contribution in [0.25, 0.3) is 0 Å². The third kappa shape index (κ3) is 6.77. The third-order valence-electron chi connectivity index (χ3n) is 4.77. The highest BCUT2D eigenvalue weighted by molar-refractivity contribution is 14.0. The van der Waals surface area contributed by atoms with Crippen LogP contribution in [0, 0.1) is 13.8 Å². The smallest absolute Gasteiger partial charge is 0.216 e. The van der Waals surface area contributed by atoms with E-state index >= 15 is 0 Å². The van der Waals surface area contributed by atoms with Crippen LogP contribution < -0.4 is 10.6 Å². The predicted molar refractivity (Wildman–Crippen MR) is 114 cm³/mol. The number of hydrogen-bond donors (Lipinski definition) is 2. The van der Waals surface area contributed by atoms with Crippen molar-refractivity contribution in [3.63, 3.8) is 0 Å². The first-order valence-electron chi connectivity index (χ1n) is 9.22. The number of aliphatic imine (C=N–C) groups is 1. The Labute approximate surface area is 169 Å². The lowest BCUT2D eigenvalue weighted by Gasteiger charge is -2.38. The maximum atomic E-state index is 5.60. The summed E-state index contributed by atoms with van der Waals surface area (Å²) in [7, 11) is 0. The average Bonchev–Trinajstić information content (AvgIpc) is 2.88. The second kappa shape index (κ2) is 11.0. The van der Waals surface area contributed by atoms with Gasteiger partial charge in [-0.2, -0.15) is 0 Å². The van der Waals surface area contributed by atoms with Gasteiger partial charge in [0.05, 0.1) is 5.69 Å². The van der Waals surface area contributed by atoms with E-state index in [9.17, 15) is 0 Å². The van der Waals surface area contributed by atoms with Gasteiger partial charge in [-0.1, -0.05) is 6.42 Å². The summed E-state index contributed by atoms with van der Waals surface area (Å²) in [6.07, 6.45) is 3.98. The molecule has 1 aliphatic rings.